The van der Waals surface area contributed by atoms with Gasteiger partial charge in [-0.15, -0.1) is 0 Å². The molecule has 6 heteroatoms. The molecule has 0 saturated carbocycles. The predicted octanol–water partition coefficient (Wildman–Crippen LogP) is 2.59. The molecular weight excluding hydrogens is 328 g/mol. The number of hydrogen-bond donors (Lipinski definition) is 1. The lowest BCUT2D eigenvalue weighted by Crippen LogP contribution is -2.40. The molecule has 0 aliphatic carbocycles. The van der Waals surface area contributed by atoms with Crippen LogP contribution in [0.1, 0.15) is 37.8 Å². The number of ether oxygens (including phenoxy) is 1. The predicted molar refractivity (Wildman–Crippen MR) is 99.7 cm³/mol. The molecule has 0 radical (unpaired) electrons. The number of hydrogen-bond acceptors (Lipinski definition) is 5. The molecule has 26 heavy (non-hydrogen) atoms. The second kappa shape index (κ2) is 9.29. The topological polar surface area (TPSA) is 67.4 Å². The van der Waals surface area contributed by atoms with Crippen molar-refractivity contribution >= 4 is 5.91 Å². The van der Waals surface area contributed by atoms with Crippen LogP contribution in [-0.2, 0) is 4.79 Å². The van der Waals surface area contributed by atoms with Gasteiger partial charge in [0, 0.05) is 38.4 Å². The van der Waals surface area contributed by atoms with Crippen LogP contribution in [0, 0.1) is 0 Å². The smallest absolute Gasteiger partial charge is 0.316 e. The lowest BCUT2D eigenvalue weighted by Gasteiger charge is -2.31. The Kier molecular flexibility index (Phi) is 6.55. The van der Waals surface area contributed by atoms with Gasteiger partial charge in [0.15, 0.2) is 0 Å². The van der Waals surface area contributed by atoms with Crippen LogP contribution in [0.5, 0.6) is 6.01 Å². The normalized spacial score (nSPS) is 16.8. The van der Waals surface area contributed by atoms with E-state index in [1.165, 1.54) is 0 Å². The SMILES string of the molecule is C[C@@H](NC(=O)CCN1CCC(Oc2ncccn2)CC1)c1ccccc1. The first-order chi connectivity index (χ1) is 12.7. The van der Waals surface area contributed by atoms with E-state index in [0.29, 0.717) is 12.4 Å². The van der Waals surface area contributed by atoms with Crippen molar-refractivity contribution < 1.29 is 9.53 Å². The van der Waals surface area contributed by atoms with E-state index < -0.39 is 0 Å². The Morgan fingerprint density at radius 2 is 1.88 bits per heavy atom. The van der Waals surface area contributed by atoms with Gasteiger partial charge >= 0.3 is 6.01 Å². The Hall–Kier alpha value is -2.47. The fourth-order valence-corrected chi connectivity index (χ4v) is 3.14. The number of piperidine rings is 1. The number of nitrogens with zero attached hydrogens (tertiary/aromatic N) is 3. The highest BCUT2D eigenvalue weighted by Crippen LogP contribution is 2.16. The summed E-state index contributed by atoms with van der Waals surface area (Å²) in [4.78, 5) is 22.7. The number of likely N-dealkylation sites (tertiary alicyclic amines) is 1. The molecule has 1 aromatic heterocycles. The first kappa shape index (κ1) is 18.3. The molecule has 3 rings (SSSR count). The summed E-state index contributed by atoms with van der Waals surface area (Å²) in [5.74, 6) is 0.0948. The molecule has 1 aliphatic heterocycles. The van der Waals surface area contributed by atoms with Gasteiger partial charge in [-0.05, 0) is 31.4 Å². The van der Waals surface area contributed by atoms with E-state index in [1.807, 2.05) is 37.3 Å². The molecule has 2 heterocycles. The van der Waals surface area contributed by atoms with Crippen molar-refractivity contribution in [3.63, 3.8) is 0 Å². The number of nitrogens with one attached hydrogen (secondary N) is 1. The van der Waals surface area contributed by atoms with Crippen molar-refractivity contribution in [1.82, 2.24) is 20.2 Å². The van der Waals surface area contributed by atoms with Crippen LogP contribution in [0.25, 0.3) is 0 Å². The van der Waals surface area contributed by atoms with Crippen LogP contribution in [0.15, 0.2) is 48.8 Å². The summed E-state index contributed by atoms with van der Waals surface area (Å²) in [7, 11) is 0. The van der Waals surface area contributed by atoms with Crippen LogP contribution in [0.4, 0.5) is 0 Å². The Balaban J connectivity index is 1.35. The van der Waals surface area contributed by atoms with Gasteiger partial charge in [-0.2, -0.15) is 0 Å². The molecule has 1 aromatic carbocycles. The summed E-state index contributed by atoms with van der Waals surface area (Å²) in [6, 6.07) is 12.3. The summed E-state index contributed by atoms with van der Waals surface area (Å²) in [5.41, 5.74) is 1.13. The minimum atomic E-state index is 0.0358. The van der Waals surface area contributed by atoms with Crippen molar-refractivity contribution in [3.8, 4) is 6.01 Å². The molecular formula is C20H26N4O2. The van der Waals surface area contributed by atoms with Crippen molar-refractivity contribution in [3.05, 3.63) is 54.4 Å². The second-order valence-electron chi connectivity index (χ2n) is 6.64. The van der Waals surface area contributed by atoms with Crippen molar-refractivity contribution in [1.29, 1.82) is 0 Å². The quantitative estimate of drug-likeness (QED) is 0.828. The molecule has 1 aliphatic rings. The van der Waals surface area contributed by atoms with Gasteiger partial charge in [0.05, 0.1) is 6.04 Å². The van der Waals surface area contributed by atoms with E-state index in [2.05, 4.69) is 20.2 Å². The van der Waals surface area contributed by atoms with Gasteiger partial charge in [-0.1, -0.05) is 30.3 Å². The first-order valence-electron chi connectivity index (χ1n) is 9.21. The lowest BCUT2D eigenvalue weighted by atomic mass is 10.1. The molecule has 1 saturated heterocycles. The fourth-order valence-electron chi connectivity index (χ4n) is 3.14. The number of aromatic nitrogens is 2. The largest absolute Gasteiger partial charge is 0.460 e. The fraction of sp³-hybridized carbons (Fsp3) is 0.450. The molecule has 6 nitrogen and oxygen atoms in total. The average molecular weight is 354 g/mol. The van der Waals surface area contributed by atoms with E-state index in [9.17, 15) is 4.79 Å². The Morgan fingerprint density at radius 1 is 1.19 bits per heavy atom. The highest BCUT2D eigenvalue weighted by Gasteiger charge is 2.21. The summed E-state index contributed by atoms with van der Waals surface area (Å²) in [6.45, 7) is 4.65. The first-order valence-corrected chi connectivity index (χ1v) is 9.21. The maximum Gasteiger partial charge on any atom is 0.316 e. The highest BCUT2D eigenvalue weighted by molar-refractivity contribution is 5.76. The number of carbonyl (C=O) groups is 1. The Labute approximate surface area is 154 Å². The van der Waals surface area contributed by atoms with Crippen LogP contribution in [0.2, 0.25) is 0 Å². The van der Waals surface area contributed by atoms with Gasteiger partial charge in [-0.25, -0.2) is 9.97 Å². The Morgan fingerprint density at radius 3 is 2.58 bits per heavy atom. The van der Waals surface area contributed by atoms with E-state index in [0.717, 1.165) is 38.0 Å². The lowest BCUT2D eigenvalue weighted by molar-refractivity contribution is -0.122. The van der Waals surface area contributed by atoms with Gasteiger partial charge in [0.25, 0.3) is 0 Å². The minimum Gasteiger partial charge on any atom is -0.460 e. The van der Waals surface area contributed by atoms with Gasteiger partial charge in [-0.3, -0.25) is 4.79 Å². The zero-order valence-electron chi connectivity index (χ0n) is 15.2. The third-order valence-electron chi connectivity index (χ3n) is 4.68. The molecule has 138 valence electrons. The monoisotopic (exact) mass is 354 g/mol. The van der Waals surface area contributed by atoms with E-state index in [-0.39, 0.29) is 18.1 Å². The zero-order valence-corrected chi connectivity index (χ0v) is 15.2. The molecule has 1 atom stereocenters. The summed E-state index contributed by atoms with van der Waals surface area (Å²) >= 11 is 0. The van der Waals surface area contributed by atoms with Crippen LogP contribution >= 0.6 is 0 Å². The number of benzene rings is 1. The van der Waals surface area contributed by atoms with Gasteiger partial charge in [0.1, 0.15) is 6.10 Å². The Bertz CT molecular complexity index is 673. The minimum absolute atomic E-state index is 0.0358. The van der Waals surface area contributed by atoms with E-state index in [1.54, 1.807) is 18.5 Å². The second-order valence-corrected chi connectivity index (χ2v) is 6.64. The summed E-state index contributed by atoms with van der Waals surface area (Å²) in [5, 5.41) is 3.07. The number of carbonyl (C=O) groups excluding carboxylic acids is 1. The van der Waals surface area contributed by atoms with Crippen LogP contribution in [0.3, 0.4) is 0 Å². The molecule has 0 bridgehead atoms. The van der Waals surface area contributed by atoms with Gasteiger partial charge in [0.2, 0.25) is 5.91 Å². The maximum atomic E-state index is 12.2. The van der Waals surface area contributed by atoms with Crippen LogP contribution in [-0.4, -0.2) is 46.5 Å². The third kappa shape index (κ3) is 5.52. The van der Waals surface area contributed by atoms with Gasteiger partial charge < -0.3 is 15.0 Å². The standard InChI is InChI=1S/C20H26N4O2/c1-16(17-6-3-2-4-7-17)23-19(25)10-15-24-13-8-18(9-14-24)26-20-21-11-5-12-22-20/h2-7,11-12,16,18H,8-10,13-15H2,1H3,(H,23,25)/t16-/m1/s1. The highest BCUT2D eigenvalue weighted by atomic mass is 16.5. The molecule has 2 aromatic rings. The maximum absolute atomic E-state index is 12.2. The summed E-state index contributed by atoms with van der Waals surface area (Å²) in [6.07, 6.45) is 5.91. The average Bonchev–Trinajstić information content (AvgIpc) is 2.69. The van der Waals surface area contributed by atoms with E-state index >= 15 is 0 Å². The molecule has 0 unspecified atom stereocenters. The van der Waals surface area contributed by atoms with E-state index in [4.69, 9.17) is 4.74 Å². The zero-order chi connectivity index (χ0) is 18.2. The summed E-state index contributed by atoms with van der Waals surface area (Å²) < 4.78 is 5.80. The van der Waals surface area contributed by atoms with Crippen molar-refractivity contribution in [2.75, 3.05) is 19.6 Å². The van der Waals surface area contributed by atoms with Crippen molar-refractivity contribution in [2.45, 2.75) is 38.3 Å². The number of amides is 1. The number of rotatable bonds is 7. The van der Waals surface area contributed by atoms with Crippen LogP contribution < -0.4 is 10.1 Å². The molecule has 1 amide bonds. The van der Waals surface area contributed by atoms with Crippen molar-refractivity contribution in [2.24, 2.45) is 0 Å². The molecule has 0 spiro atoms. The third-order valence-corrected chi connectivity index (χ3v) is 4.68. The molecule has 1 N–H and O–H groups in total. The molecule has 1 fully saturated rings.